The van der Waals surface area contributed by atoms with E-state index >= 15 is 0 Å². The Bertz CT molecular complexity index is 1980. The van der Waals surface area contributed by atoms with Gasteiger partial charge in [0.25, 0.3) is 0 Å². The van der Waals surface area contributed by atoms with Gasteiger partial charge < -0.3 is 14.7 Å². The molecular formula is C41H41F6NO3. The molecule has 0 bridgehead atoms. The summed E-state index contributed by atoms with van der Waals surface area (Å²) in [6.45, 7) is 16.9. The number of allylic oxidation sites excluding steroid dienone is 6. The van der Waals surface area contributed by atoms with Gasteiger partial charge >= 0.3 is 12.4 Å². The Morgan fingerprint density at radius 3 is 2.10 bits per heavy atom. The molecule has 0 saturated carbocycles. The smallest absolute Gasteiger partial charge is 0.416 e. The van der Waals surface area contributed by atoms with Crippen LogP contribution in [0, 0.1) is 6.92 Å². The molecule has 0 spiro atoms. The number of benzene rings is 3. The Morgan fingerprint density at radius 2 is 1.53 bits per heavy atom. The maximum absolute atomic E-state index is 13.8. The van der Waals surface area contributed by atoms with Crippen molar-refractivity contribution in [3.63, 3.8) is 0 Å². The van der Waals surface area contributed by atoms with Gasteiger partial charge in [0.15, 0.2) is 0 Å². The standard InChI is InChI=1S/C41H41F6NO3/c1-23(2)51-29-14-10-26(11-15-29)17-18-48-34-16-13-28(41(45,46)47)21-33(34)39(7,8)35(48)22-31-36(49)30(37(31)50)19-25(4)38(5,6)32-20-27(40(42,43)44)12-9-24(32)3/h9-16,19-23,49H,4,17-18H2,1-3,5-8H3/b30-19+,35-22-. The van der Waals surface area contributed by atoms with Gasteiger partial charge in [-0.15, -0.1) is 0 Å². The van der Waals surface area contributed by atoms with Gasteiger partial charge in [0.2, 0.25) is 5.78 Å². The number of aliphatic hydroxyl groups is 1. The maximum atomic E-state index is 13.8. The molecule has 3 aromatic rings. The van der Waals surface area contributed by atoms with E-state index in [0.29, 0.717) is 52.4 Å². The lowest BCUT2D eigenvalue weighted by atomic mass is 9.73. The second-order valence-electron chi connectivity index (χ2n) is 14.4. The SMILES string of the molecule is C=C(/C=C1/C(=O)C(/C=C2\N(CCc3ccc(OC(C)C)cc3)c3ccc(C(F)(F)F)cc3C2(C)C)=C1O)C(C)(C)c1cc(C(F)(F)F)ccc1C. The van der Waals surface area contributed by atoms with E-state index in [1.54, 1.807) is 34.6 Å². The number of carbonyl (C=O) groups excluding carboxylic acids is 1. The highest BCUT2D eigenvalue weighted by Gasteiger charge is 2.44. The molecule has 2 aliphatic rings. The minimum absolute atomic E-state index is 0.00728. The van der Waals surface area contributed by atoms with Crippen molar-refractivity contribution in [3.8, 4) is 5.75 Å². The molecule has 0 radical (unpaired) electrons. The number of alkyl halides is 6. The first-order valence-electron chi connectivity index (χ1n) is 16.6. The fraction of sp³-hybridized carbons (Fsp3) is 0.341. The lowest BCUT2D eigenvalue weighted by Crippen LogP contribution is -2.30. The molecule has 1 N–H and O–H groups in total. The van der Waals surface area contributed by atoms with Gasteiger partial charge in [-0.1, -0.05) is 52.5 Å². The topological polar surface area (TPSA) is 49.8 Å². The Labute approximate surface area is 294 Å². The largest absolute Gasteiger partial charge is 0.506 e. The fourth-order valence-electron chi connectivity index (χ4n) is 6.65. The number of hydrogen-bond donors (Lipinski definition) is 1. The Hall–Kier alpha value is -4.73. The molecular weight excluding hydrogens is 668 g/mol. The minimum atomic E-state index is -4.56. The number of aliphatic hydroxyl groups excluding tert-OH is 1. The zero-order valence-electron chi connectivity index (χ0n) is 29.6. The van der Waals surface area contributed by atoms with Gasteiger partial charge in [-0.2, -0.15) is 26.3 Å². The summed E-state index contributed by atoms with van der Waals surface area (Å²) in [5.41, 5.74) is 0.0984. The summed E-state index contributed by atoms with van der Waals surface area (Å²) in [6.07, 6.45) is -5.68. The quantitative estimate of drug-likeness (QED) is 0.178. The van der Waals surface area contributed by atoms with Gasteiger partial charge in [-0.3, -0.25) is 4.79 Å². The van der Waals surface area contributed by atoms with Crippen LogP contribution in [0.15, 0.2) is 108 Å². The predicted octanol–water partition coefficient (Wildman–Crippen LogP) is 10.9. The van der Waals surface area contributed by atoms with Crippen LogP contribution in [-0.2, 0) is 34.4 Å². The Balaban J connectivity index is 1.50. The van der Waals surface area contributed by atoms with Crippen LogP contribution < -0.4 is 9.64 Å². The molecule has 0 fully saturated rings. The lowest BCUT2D eigenvalue weighted by molar-refractivity contribution is -0.138. The van der Waals surface area contributed by atoms with Crippen LogP contribution in [-0.4, -0.2) is 23.5 Å². The summed E-state index contributed by atoms with van der Waals surface area (Å²) in [4.78, 5) is 15.5. The molecule has 5 rings (SSSR count). The van der Waals surface area contributed by atoms with Crippen molar-refractivity contribution in [1.82, 2.24) is 0 Å². The number of nitrogens with zero attached hydrogens (tertiary/aromatic N) is 1. The first-order chi connectivity index (χ1) is 23.5. The van der Waals surface area contributed by atoms with Crippen LogP contribution in [0.5, 0.6) is 5.75 Å². The van der Waals surface area contributed by atoms with E-state index in [4.69, 9.17) is 4.74 Å². The number of Topliss-reactive ketones (excluding diaryl/α,β-unsaturated/α-hetero) is 1. The molecule has 1 aliphatic heterocycles. The number of ketones is 1. The third kappa shape index (κ3) is 7.23. The van der Waals surface area contributed by atoms with E-state index < -0.39 is 40.1 Å². The normalized spacial score (nSPS) is 17.8. The highest BCUT2D eigenvalue weighted by atomic mass is 19.4. The third-order valence-corrected chi connectivity index (χ3v) is 9.78. The Morgan fingerprint density at radius 1 is 0.941 bits per heavy atom. The van der Waals surface area contributed by atoms with Gasteiger partial charge in [-0.25, -0.2) is 0 Å². The second-order valence-corrected chi connectivity index (χ2v) is 14.4. The number of hydrogen-bond acceptors (Lipinski definition) is 4. The van der Waals surface area contributed by atoms with Gasteiger partial charge in [0.05, 0.1) is 28.4 Å². The molecule has 51 heavy (non-hydrogen) atoms. The highest BCUT2D eigenvalue weighted by molar-refractivity contribution is 6.21. The van der Waals surface area contributed by atoms with E-state index in [2.05, 4.69) is 6.58 Å². The molecule has 3 aromatic carbocycles. The van der Waals surface area contributed by atoms with Crippen LogP contribution in [0.2, 0.25) is 0 Å². The maximum Gasteiger partial charge on any atom is 0.416 e. The monoisotopic (exact) mass is 709 g/mol. The number of carbonyl (C=O) groups is 1. The molecule has 0 aromatic heterocycles. The van der Waals surface area contributed by atoms with E-state index in [-0.39, 0.29) is 23.0 Å². The first kappa shape index (κ1) is 37.5. The van der Waals surface area contributed by atoms with E-state index in [1.807, 2.05) is 43.0 Å². The average molecular weight is 710 g/mol. The molecule has 0 amide bonds. The van der Waals surface area contributed by atoms with Crippen molar-refractivity contribution in [2.45, 2.75) is 84.2 Å². The minimum Gasteiger partial charge on any atom is -0.506 e. The first-order valence-corrected chi connectivity index (χ1v) is 16.6. The van der Waals surface area contributed by atoms with Crippen molar-refractivity contribution in [2.75, 3.05) is 11.4 Å². The van der Waals surface area contributed by atoms with E-state index in [0.717, 1.165) is 29.8 Å². The van der Waals surface area contributed by atoms with Crippen LogP contribution in [0.25, 0.3) is 0 Å². The highest BCUT2D eigenvalue weighted by Crippen LogP contribution is 2.51. The van der Waals surface area contributed by atoms with Crippen molar-refractivity contribution in [3.05, 3.63) is 141 Å². The van der Waals surface area contributed by atoms with Crippen molar-refractivity contribution in [1.29, 1.82) is 0 Å². The zero-order valence-corrected chi connectivity index (χ0v) is 29.6. The summed E-state index contributed by atoms with van der Waals surface area (Å²) in [7, 11) is 0. The van der Waals surface area contributed by atoms with Crippen LogP contribution in [0.3, 0.4) is 0 Å². The number of fused-ring (bicyclic) bond motifs is 1. The number of aryl methyl sites for hydroxylation is 1. The summed E-state index contributed by atoms with van der Waals surface area (Å²) in [5, 5.41) is 11.2. The van der Waals surface area contributed by atoms with Crippen LogP contribution >= 0.6 is 0 Å². The van der Waals surface area contributed by atoms with Gasteiger partial charge in [0.1, 0.15) is 11.5 Å². The van der Waals surface area contributed by atoms with Crippen LogP contribution in [0.4, 0.5) is 32.0 Å². The molecule has 10 heteroatoms. The Kier molecular flexibility index (Phi) is 9.64. The van der Waals surface area contributed by atoms with Crippen molar-refractivity contribution in [2.24, 2.45) is 0 Å². The van der Waals surface area contributed by atoms with Gasteiger partial charge in [-0.05, 0) is 110 Å². The van der Waals surface area contributed by atoms with Crippen LogP contribution in [0.1, 0.15) is 74.9 Å². The third-order valence-electron chi connectivity index (χ3n) is 9.78. The molecule has 1 aliphatic carbocycles. The molecule has 4 nitrogen and oxygen atoms in total. The number of halogens is 6. The average Bonchev–Trinajstić information content (AvgIpc) is 3.25. The molecule has 270 valence electrons. The summed E-state index contributed by atoms with van der Waals surface area (Å²) in [5.74, 6) is -0.123. The zero-order chi connectivity index (χ0) is 37.8. The molecule has 0 atom stereocenters. The molecule has 0 unspecified atom stereocenters. The second kappa shape index (κ2) is 13.1. The van der Waals surface area contributed by atoms with Crippen molar-refractivity contribution < 1.29 is 41.0 Å². The summed E-state index contributed by atoms with van der Waals surface area (Å²) in [6, 6.07) is 14.6. The number of anilines is 1. The molecule has 1 heterocycles. The number of ether oxygens (including phenoxy) is 1. The summed E-state index contributed by atoms with van der Waals surface area (Å²) >= 11 is 0. The lowest BCUT2D eigenvalue weighted by Gasteiger charge is -2.31. The fourth-order valence-corrected chi connectivity index (χ4v) is 6.65. The predicted molar refractivity (Wildman–Crippen MR) is 187 cm³/mol. The summed E-state index contributed by atoms with van der Waals surface area (Å²) < 4.78 is 87.7. The number of rotatable bonds is 9. The van der Waals surface area contributed by atoms with E-state index in [1.165, 1.54) is 24.3 Å². The van der Waals surface area contributed by atoms with E-state index in [9.17, 15) is 36.2 Å². The van der Waals surface area contributed by atoms with Crippen molar-refractivity contribution >= 4 is 11.5 Å². The molecule has 0 saturated heterocycles. The van der Waals surface area contributed by atoms with Gasteiger partial charge in [0, 0.05) is 28.8 Å².